The summed E-state index contributed by atoms with van der Waals surface area (Å²) in [4.78, 5) is 4.44. The number of pyridine rings is 1. The number of methoxy groups -OCH3 is 1. The van der Waals surface area contributed by atoms with Crippen molar-refractivity contribution in [3.8, 4) is 5.75 Å². The molecule has 2 heterocycles. The van der Waals surface area contributed by atoms with Gasteiger partial charge in [0.05, 0.1) is 7.11 Å². The summed E-state index contributed by atoms with van der Waals surface area (Å²) >= 11 is 0. The Morgan fingerprint density at radius 2 is 2.47 bits per heavy atom. The lowest BCUT2D eigenvalue weighted by Crippen LogP contribution is -2.11. The largest absolute Gasteiger partial charge is 0.496 e. The molecule has 1 atom stereocenters. The van der Waals surface area contributed by atoms with Crippen molar-refractivity contribution in [3.05, 3.63) is 23.5 Å². The van der Waals surface area contributed by atoms with Crippen LogP contribution in [0.25, 0.3) is 0 Å². The topological polar surface area (TPSA) is 34.1 Å². The third-order valence-corrected chi connectivity index (χ3v) is 3.06. The zero-order valence-electron chi connectivity index (χ0n) is 9.42. The van der Waals surface area contributed by atoms with E-state index in [0.717, 1.165) is 25.3 Å². The Hall–Kier alpha value is -1.09. The van der Waals surface area contributed by atoms with E-state index in [1.165, 1.54) is 17.7 Å². The maximum Gasteiger partial charge on any atom is 0.125 e. The molecule has 0 aliphatic carbocycles. The maximum atomic E-state index is 5.43. The molecule has 2 rings (SSSR count). The van der Waals surface area contributed by atoms with Gasteiger partial charge in [0.1, 0.15) is 5.75 Å². The van der Waals surface area contributed by atoms with E-state index in [4.69, 9.17) is 4.74 Å². The summed E-state index contributed by atoms with van der Waals surface area (Å²) in [5, 5.41) is 3.39. The smallest absolute Gasteiger partial charge is 0.125 e. The van der Waals surface area contributed by atoms with Crippen LogP contribution in [0, 0.1) is 0 Å². The van der Waals surface area contributed by atoms with E-state index in [0.29, 0.717) is 5.92 Å². The van der Waals surface area contributed by atoms with Gasteiger partial charge in [0, 0.05) is 29.9 Å². The predicted octanol–water partition coefficient (Wildman–Crippen LogP) is 1.73. The Balaban J connectivity index is 2.39. The first-order valence-electron chi connectivity index (χ1n) is 5.59. The lowest BCUT2D eigenvalue weighted by molar-refractivity contribution is 0.404. The summed E-state index contributed by atoms with van der Waals surface area (Å²) in [7, 11) is 1.74. The summed E-state index contributed by atoms with van der Waals surface area (Å²) in [6.07, 6.45) is 4.00. The monoisotopic (exact) mass is 206 g/mol. The first-order chi connectivity index (χ1) is 7.36. The number of hydrogen-bond acceptors (Lipinski definition) is 3. The number of nitrogens with one attached hydrogen (secondary N) is 1. The molecule has 1 fully saturated rings. The molecule has 0 amide bonds. The van der Waals surface area contributed by atoms with Gasteiger partial charge in [-0.2, -0.15) is 0 Å². The summed E-state index contributed by atoms with van der Waals surface area (Å²) in [6, 6.07) is 1.97. The van der Waals surface area contributed by atoms with Crippen molar-refractivity contribution >= 4 is 0 Å². The summed E-state index contributed by atoms with van der Waals surface area (Å²) in [5.74, 6) is 1.57. The van der Waals surface area contributed by atoms with Crippen molar-refractivity contribution in [1.82, 2.24) is 10.3 Å². The molecule has 1 aromatic rings. The molecule has 0 bridgehead atoms. The van der Waals surface area contributed by atoms with Crippen LogP contribution in [0.1, 0.15) is 30.5 Å². The van der Waals surface area contributed by atoms with Crippen molar-refractivity contribution in [1.29, 1.82) is 0 Å². The minimum absolute atomic E-state index is 0.573. The second-order valence-electron chi connectivity index (χ2n) is 3.92. The van der Waals surface area contributed by atoms with E-state index in [1.54, 1.807) is 7.11 Å². The molecule has 1 aromatic heterocycles. The fraction of sp³-hybridized carbons (Fsp3) is 0.583. The van der Waals surface area contributed by atoms with Gasteiger partial charge in [0.2, 0.25) is 0 Å². The highest BCUT2D eigenvalue weighted by atomic mass is 16.5. The van der Waals surface area contributed by atoms with Crippen molar-refractivity contribution in [2.45, 2.75) is 25.7 Å². The van der Waals surface area contributed by atoms with Crippen molar-refractivity contribution in [2.24, 2.45) is 0 Å². The number of aromatic nitrogens is 1. The molecule has 0 radical (unpaired) electrons. The fourth-order valence-electron chi connectivity index (χ4n) is 2.29. The molecule has 3 nitrogen and oxygen atoms in total. The van der Waals surface area contributed by atoms with Gasteiger partial charge in [-0.15, -0.1) is 0 Å². The maximum absolute atomic E-state index is 5.43. The first kappa shape index (κ1) is 10.4. The van der Waals surface area contributed by atoms with Crippen LogP contribution < -0.4 is 10.1 Å². The lowest BCUT2D eigenvalue weighted by atomic mass is 9.95. The summed E-state index contributed by atoms with van der Waals surface area (Å²) in [6.45, 7) is 4.30. The van der Waals surface area contributed by atoms with Crippen LogP contribution in [-0.4, -0.2) is 25.2 Å². The van der Waals surface area contributed by atoms with Gasteiger partial charge in [0.15, 0.2) is 0 Å². The van der Waals surface area contributed by atoms with Gasteiger partial charge in [0.25, 0.3) is 0 Å². The third-order valence-electron chi connectivity index (χ3n) is 3.06. The van der Waals surface area contributed by atoms with Crippen LogP contribution in [-0.2, 0) is 6.42 Å². The number of hydrogen-bond donors (Lipinski definition) is 1. The molecule has 82 valence electrons. The molecular formula is C12H18N2O. The van der Waals surface area contributed by atoms with Crippen molar-refractivity contribution < 1.29 is 4.74 Å². The molecule has 3 heteroatoms. The van der Waals surface area contributed by atoms with Gasteiger partial charge >= 0.3 is 0 Å². The number of nitrogens with zero attached hydrogens (tertiary/aromatic N) is 1. The fourth-order valence-corrected chi connectivity index (χ4v) is 2.29. The van der Waals surface area contributed by atoms with E-state index in [2.05, 4.69) is 17.2 Å². The average molecular weight is 206 g/mol. The zero-order valence-corrected chi connectivity index (χ0v) is 9.42. The van der Waals surface area contributed by atoms with Crippen LogP contribution >= 0.6 is 0 Å². The van der Waals surface area contributed by atoms with E-state index in [1.807, 2.05) is 12.3 Å². The second-order valence-corrected chi connectivity index (χ2v) is 3.92. The molecule has 1 aliphatic rings. The highest BCUT2D eigenvalue weighted by Gasteiger charge is 2.23. The Labute approximate surface area is 90.9 Å². The quantitative estimate of drug-likeness (QED) is 0.817. The summed E-state index contributed by atoms with van der Waals surface area (Å²) in [5.41, 5.74) is 2.50. The molecule has 1 N–H and O–H groups in total. The molecule has 0 aromatic carbocycles. The van der Waals surface area contributed by atoms with Crippen LogP contribution in [0.3, 0.4) is 0 Å². The first-order valence-corrected chi connectivity index (χ1v) is 5.59. The van der Waals surface area contributed by atoms with E-state index >= 15 is 0 Å². The summed E-state index contributed by atoms with van der Waals surface area (Å²) < 4.78 is 5.43. The average Bonchev–Trinajstić information content (AvgIpc) is 2.81. The standard InChI is InChI=1S/C12H18N2O/c1-3-10-12(9-4-6-13-8-9)11(15-2)5-7-14-10/h5,7,9,13H,3-4,6,8H2,1-2H3. The van der Waals surface area contributed by atoms with E-state index < -0.39 is 0 Å². The Kier molecular flexibility index (Phi) is 3.21. The minimum Gasteiger partial charge on any atom is -0.496 e. The molecule has 1 aliphatic heterocycles. The highest BCUT2D eigenvalue weighted by Crippen LogP contribution is 2.32. The molecule has 0 spiro atoms. The Morgan fingerprint density at radius 1 is 1.60 bits per heavy atom. The number of ether oxygens (including phenoxy) is 1. The predicted molar refractivity (Wildman–Crippen MR) is 60.4 cm³/mol. The molecule has 1 saturated heterocycles. The van der Waals surface area contributed by atoms with Crippen LogP contribution in [0.2, 0.25) is 0 Å². The van der Waals surface area contributed by atoms with E-state index in [9.17, 15) is 0 Å². The normalized spacial score (nSPS) is 20.5. The highest BCUT2D eigenvalue weighted by molar-refractivity contribution is 5.39. The van der Waals surface area contributed by atoms with E-state index in [-0.39, 0.29) is 0 Å². The van der Waals surface area contributed by atoms with Crippen LogP contribution in [0.5, 0.6) is 5.75 Å². The number of aryl methyl sites for hydroxylation is 1. The number of rotatable bonds is 3. The minimum atomic E-state index is 0.573. The molecule has 15 heavy (non-hydrogen) atoms. The molecular weight excluding hydrogens is 188 g/mol. The van der Waals surface area contributed by atoms with Crippen LogP contribution in [0.4, 0.5) is 0 Å². The SMILES string of the molecule is CCc1nccc(OC)c1C1CCNC1. The lowest BCUT2D eigenvalue weighted by Gasteiger charge is -2.16. The molecule has 0 saturated carbocycles. The molecule has 1 unspecified atom stereocenters. The Morgan fingerprint density at radius 3 is 3.07 bits per heavy atom. The van der Waals surface area contributed by atoms with Gasteiger partial charge < -0.3 is 10.1 Å². The van der Waals surface area contributed by atoms with Crippen molar-refractivity contribution in [2.75, 3.05) is 20.2 Å². The van der Waals surface area contributed by atoms with Gasteiger partial charge in [-0.3, -0.25) is 4.98 Å². The van der Waals surface area contributed by atoms with Gasteiger partial charge in [-0.25, -0.2) is 0 Å². The van der Waals surface area contributed by atoms with Gasteiger partial charge in [-0.05, 0) is 25.5 Å². The van der Waals surface area contributed by atoms with Crippen molar-refractivity contribution in [3.63, 3.8) is 0 Å². The third kappa shape index (κ3) is 1.97. The van der Waals surface area contributed by atoms with Crippen LogP contribution in [0.15, 0.2) is 12.3 Å². The second kappa shape index (κ2) is 4.62. The Bertz CT molecular complexity index is 310. The van der Waals surface area contributed by atoms with Gasteiger partial charge in [-0.1, -0.05) is 6.92 Å². The zero-order chi connectivity index (χ0) is 10.7.